The summed E-state index contributed by atoms with van der Waals surface area (Å²) < 4.78 is 5.22. The number of nitrogens with zero attached hydrogens (tertiary/aromatic N) is 4. The molecule has 94 valence electrons. The number of hydrogen-bond acceptors (Lipinski definition) is 6. The third-order valence-electron chi connectivity index (χ3n) is 3.01. The van der Waals surface area contributed by atoms with Crippen LogP contribution in [0.1, 0.15) is 5.56 Å². The van der Waals surface area contributed by atoms with Crippen molar-refractivity contribution in [2.75, 3.05) is 45.2 Å². The zero-order chi connectivity index (χ0) is 12.3. The molecule has 1 aliphatic heterocycles. The molecule has 1 saturated heterocycles. The van der Waals surface area contributed by atoms with Gasteiger partial charge in [0, 0.05) is 44.5 Å². The highest BCUT2D eigenvalue weighted by Gasteiger charge is 2.17. The van der Waals surface area contributed by atoms with Gasteiger partial charge in [-0.25, -0.2) is 4.98 Å². The van der Waals surface area contributed by atoms with E-state index < -0.39 is 0 Å². The van der Waals surface area contributed by atoms with Gasteiger partial charge < -0.3 is 20.3 Å². The van der Waals surface area contributed by atoms with Gasteiger partial charge in [-0.1, -0.05) is 0 Å². The van der Waals surface area contributed by atoms with Crippen molar-refractivity contribution in [3.05, 3.63) is 11.8 Å². The molecular weight excluding hydrogens is 218 g/mol. The Kier molecular flexibility index (Phi) is 3.75. The van der Waals surface area contributed by atoms with E-state index in [1.807, 2.05) is 0 Å². The van der Waals surface area contributed by atoms with Crippen molar-refractivity contribution in [1.82, 2.24) is 14.9 Å². The van der Waals surface area contributed by atoms with Crippen LogP contribution in [-0.4, -0.2) is 55.2 Å². The molecule has 0 spiro atoms. The highest BCUT2D eigenvalue weighted by Crippen LogP contribution is 2.18. The first-order chi connectivity index (χ1) is 8.24. The molecule has 0 unspecified atom stereocenters. The number of piperazine rings is 1. The van der Waals surface area contributed by atoms with Crippen LogP contribution in [-0.2, 0) is 6.54 Å². The van der Waals surface area contributed by atoms with E-state index in [0.29, 0.717) is 12.4 Å². The smallest absolute Gasteiger partial charge is 0.228 e. The summed E-state index contributed by atoms with van der Waals surface area (Å²) in [6.07, 6.45) is 1.75. The summed E-state index contributed by atoms with van der Waals surface area (Å²) in [4.78, 5) is 13.2. The van der Waals surface area contributed by atoms with Gasteiger partial charge in [0.25, 0.3) is 0 Å². The summed E-state index contributed by atoms with van der Waals surface area (Å²) in [5, 5.41) is 0. The normalized spacial score (nSPS) is 17.2. The lowest BCUT2D eigenvalue weighted by molar-refractivity contribution is 0.310. The van der Waals surface area contributed by atoms with Gasteiger partial charge in [0.2, 0.25) is 11.8 Å². The van der Waals surface area contributed by atoms with Crippen molar-refractivity contribution in [3.63, 3.8) is 0 Å². The average Bonchev–Trinajstić information content (AvgIpc) is 2.39. The van der Waals surface area contributed by atoms with Crippen LogP contribution >= 0.6 is 0 Å². The van der Waals surface area contributed by atoms with Gasteiger partial charge in [0.1, 0.15) is 0 Å². The van der Waals surface area contributed by atoms with E-state index in [1.165, 1.54) is 0 Å². The van der Waals surface area contributed by atoms with Crippen LogP contribution in [0, 0.1) is 0 Å². The Balaban J connectivity index is 2.16. The fourth-order valence-corrected chi connectivity index (χ4v) is 1.86. The summed E-state index contributed by atoms with van der Waals surface area (Å²) in [6.45, 7) is 4.35. The molecule has 0 amide bonds. The molecule has 2 rings (SSSR count). The highest BCUT2D eigenvalue weighted by atomic mass is 16.5. The minimum Gasteiger partial charge on any atom is -0.481 e. The predicted molar refractivity (Wildman–Crippen MR) is 66.2 cm³/mol. The number of methoxy groups -OCH3 is 1. The Morgan fingerprint density at radius 3 is 2.65 bits per heavy atom. The zero-order valence-electron chi connectivity index (χ0n) is 10.4. The van der Waals surface area contributed by atoms with Gasteiger partial charge in [-0.15, -0.1) is 0 Å². The SMILES string of the molecule is COc1nc(N2CCN(C)CC2)ncc1CN. The van der Waals surface area contributed by atoms with E-state index in [4.69, 9.17) is 10.5 Å². The molecule has 17 heavy (non-hydrogen) atoms. The van der Waals surface area contributed by atoms with Gasteiger partial charge in [0.15, 0.2) is 0 Å². The molecule has 6 heteroatoms. The number of aromatic nitrogens is 2. The van der Waals surface area contributed by atoms with E-state index in [2.05, 4.69) is 26.8 Å². The van der Waals surface area contributed by atoms with E-state index in [1.54, 1.807) is 13.3 Å². The lowest BCUT2D eigenvalue weighted by atomic mass is 10.3. The number of nitrogens with two attached hydrogens (primary N) is 1. The Morgan fingerprint density at radius 2 is 2.06 bits per heavy atom. The standard InChI is InChI=1S/C11H19N5O/c1-15-3-5-16(6-4-15)11-13-8-9(7-12)10(14-11)17-2/h8H,3-7,12H2,1-2H3. The van der Waals surface area contributed by atoms with E-state index in [9.17, 15) is 0 Å². The fourth-order valence-electron chi connectivity index (χ4n) is 1.86. The summed E-state index contributed by atoms with van der Waals surface area (Å²) in [5.41, 5.74) is 6.43. The molecule has 0 aliphatic carbocycles. The minimum atomic E-state index is 0.395. The lowest BCUT2D eigenvalue weighted by Gasteiger charge is -2.32. The number of ether oxygens (including phenoxy) is 1. The molecule has 0 atom stereocenters. The summed E-state index contributed by atoms with van der Waals surface area (Å²) >= 11 is 0. The number of hydrogen-bond donors (Lipinski definition) is 1. The molecule has 6 nitrogen and oxygen atoms in total. The first-order valence-electron chi connectivity index (χ1n) is 5.78. The molecule has 1 aliphatic rings. The Labute approximate surface area is 101 Å². The molecule has 2 heterocycles. The van der Waals surface area contributed by atoms with Crippen LogP contribution < -0.4 is 15.4 Å². The topological polar surface area (TPSA) is 67.5 Å². The quantitative estimate of drug-likeness (QED) is 0.778. The second kappa shape index (κ2) is 5.29. The zero-order valence-corrected chi connectivity index (χ0v) is 10.4. The molecule has 1 aromatic rings. The van der Waals surface area contributed by atoms with Crippen LogP contribution in [0.15, 0.2) is 6.20 Å². The monoisotopic (exact) mass is 237 g/mol. The van der Waals surface area contributed by atoms with E-state index >= 15 is 0 Å². The van der Waals surface area contributed by atoms with E-state index in [-0.39, 0.29) is 0 Å². The third-order valence-corrected chi connectivity index (χ3v) is 3.01. The maximum Gasteiger partial charge on any atom is 0.228 e. The maximum absolute atomic E-state index is 5.59. The first kappa shape index (κ1) is 12.1. The third kappa shape index (κ3) is 2.65. The van der Waals surface area contributed by atoms with Crippen molar-refractivity contribution >= 4 is 5.95 Å². The van der Waals surface area contributed by atoms with E-state index in [0.717, 1.165) is 37.7 Å². The Bertz CT molecular complexity index is 376. The highest BCUT2D eigenvalue weighted by molar-refractivity contribution is 5.36. The molecular formula is C11H19N5O. The molecule has 0 bridgehead atoms. The van der Waals surface area contributed by atoms with Crippen molar-refractivity contribution in [3.8, 4) is 5.88 Å². The predicted octanol–water partition coefficient (Wildman–Crippen LogP) is -0.304. The molecule has 0 radical (unpaired) electrons. The second-order valence-corrected chi connectivity index (χ2v) is 4.20. The van der Waals surface area contributed by atoms with Crippen LogP contribution in [0.5, 0.6) is 5.88 Å². The largest absolute Gasteiger partial charge is 0.481 e. The lowest BCUT2D eigenvalue weighted by Crippen LogP contribution is -2.45. The number of anilines is 1. The molecule has 2 N–H and O–H groups in total. The van der Waals surface area contributed by atoms with Gasteiger partial charge in [-0.05, 0) is 7.05 Å². The average molecular weight is 237 g/mol. The fraction of sp³-hybridized carbons (Fsp3) is 0.636. The van der Waals surface area contributed by atoms with Crippen LogP contribution in [0.25, 0.3) is 0 Å². The summed E-state index contributed by atoms with van der Waals surface area (Å²) in [7, 11) is 3.73. The van der Waals surface area contributed by atoms with Gasteiger partial charge in [0.05, 0.1) is 7.11 Å². The Morgan fingerprint density at radius 1 is 1.35 bits per heavy atom. The van der Waals surface area contributed by atoms with Crippen molar-refractivity contribution in [2.24, 2.45) is 5.73 Å². The Hall–Kier alpha value is -1.40. The summed E-state index contributed by atoms with van der Waals surface area (Å²) in [5.74, 6) is 1.31. The molecule has 1 aromatic heterocycles. The molecule has 0 saturated carbocycles. The van der Waals surface area contributed by atoms with Crippen molar-refractivity contribution < 1.29 is 4.74 Å². The maximum atomic E-state index is 5.59. The van der Waals surface area contributed by atoms with Gasteiger partial charge >= 0.3 is 0 Å². The van der Waals surface area contributed by atoms with Gasteiger partial charge in [-0.3, -0.25) is 0 Å². The second-order valence-electron chi connectivity index (χ2n) is 4.20. The van der Waals surface area contributed by atoms with Crippen LogP contribution in [0.2, 0.25) is 0 Å². The number of rotatable bonds is 3. The minimum absolute atomic E-state index is 0.395. The first-order valence-corrected chi connectivity index (χ1v) is 5.78. The summed E-state index contributed by atoms with van der Waals surface area (Å²) in [6, 6.07) is 0. The van der Waals surface area contributed by atoms with Crippen LogP contribution in [0.3, 0.4) is 0 Å². The van der Waals surface area contributed by atoms with Crippen molar-refractivity contribution in [1.29, 1.82) is 0 Å². The van der Waals surface area contributed by atoms with Gasteiger partial charge in [-0.2, -0.15) is 4.98 Å². The molecule has 0 aromatic carbocycles. The van der Waals surface area contributed by atoms with Crippen molar-refractivity contribution in [2.45, 2.75) is 6.54 Å². The number of likely N-dealkylation sites (N-methyl/N-ethyl adjacent to an activating group) is 1. The molecule has 1 fully saturated rings. The van der Waals surface area contributed by atoms with Crippen LogP contribution in [0.4, 0.5) is 5.95 Å².